The fourth-order valence-electron chi connectivity index (χ4n) is 1.27. The summed E-state index contributed by atoms with van der Waals surface area (Å²) < 4.78 is 4.81. The number of benzene rings is 1. The van der Waals surface area contributed by atoms with Gasteiger partial charge in [-0.3, -0.25) is 9.69 Å². The van der Waals surface area contributed by atoms with E-state index in [2.05, 4.69) is 0 Å². The van der Waals surface area contributed by atoms with E-state index in [1.807, 2.05) is 30.3 Å². The summed E-state index contributed by atoms with van der Waals surface area (Å²) in [6.45, 7) is 1.75. The molecular formula is C11H13NO2S. The molecule has 0 bridgehead atoms. The summed E-state index contributed by atoms with van der Waals surface area (Å²) in [5.74, 6) is -0.156. The quantitative estimate of drug-likeness (QED) is 0.734. The Balaban J connectivity index is 2.94. The maximum Gasteiger partial charge on any atom is 0.257 e. The van der Waals surface area contributed by atoms with Crippen LogP contribution in [0, 0.1) is 0 Å². The highest BCUT2D eigenvalue weighted by Gasteiger charge is 2.16. The molecule has 1 aromatic rings. The highest BCUT2D eigenvalue weighted by atomic mass is 32.1. The first-order chi connectivity index (χ1) is 7.16. The van der Waals surface area contributed by atoms with Crippen molar-refractivity contribution in [2.75, 3.05) is 18.6 Å². The highest BCUT2D eigenvalue weighted by Crippen LogP contribution is 2.14. The molecule has 0 aromatic heterocycles. The van der Waals surface area contributed by atoms with Crippen molar-refractivity contribution in [3.63, 3.8) is 0 Å². The van der Waals surface area contributed by atoms with E-state index in [4.69, 9.17) is 17.0 Å². The van der Waals surface area contributed by atoms with Gasteiger partial charge in [-0.2, -0.15) is 0 Å². The number of methoxy groups -OCH3 is 1. The van der Waals surface area contributed by atoms with Gasteiger partial charge in [-0.25, -0.2) is 0 Å². The molecule has 0 unspecified atom stereocenters. The Morgan fingerprint density at radius 1 is 1.40 bits per heavy atom. The van der Waals surface area contributed by atoms with Crippen molar-refractivity contribution in [2.45, 2.75) is 6.92 Å². The van der Waals surface area contributed by atoms with Crippen LogP contribution in [0.5, 0.6) is 0 Å². The third-order valence-electron chi connectivity index (χ3n) is 1.85. The minimum Gasteiger partial charge on any atom is -0.375 e. The maximum atomic E-state index is 11.7. The molecule has 1 aromatic carbocycles. The fourth-order valence-corrected chi connectivity index (χ4v) is 1.47. The highest BCUT2D eigenvalue weighted by molar-refractivity contribution is 7.80. The Bertz CT molecular complexity index is 351. The summed E-state index contributed by atoms with van der Waals surface area (Å²) in [6, 6.07) is 9.29. The zero-order chi connectivity index (χ0) is 11.3. The molecule has 80 valence electrons. The smallest absolute Gasteiger partial charge is 0.257 e. The third kappa shape index (κ3) is 3.11. The summed E-state index contributed by atoms with van der Waals surface area (Å²) in [6.07, 6.45) is 0. The van der Waals surface area contributed by atoms with Crippen LogP contribution >= 0.6 is 12.2 Å². The van der Waals surface area contributed by atoms with E-state index < -0.39 is 0 Å². The molecule has 0 aliphatic heterocycles. The van der Waals surface area contributed by atoms with Crippen molar-refractivity contribution in [3.05, 3.63) is 30.3 Å². The topological polar surface area (TPSA) is 29.5 Å². The Morgan fingerprint density at radius 3 is 2.47 bits per heavy atom. The predicted molar refractivity (Wildman–Crippen MR) is 64.1 cm³/mol. The number of nitrogens with zero attached hydrogens (tertiary/aromatic N) is 1. The average molecular weight is 223 g/mol. The number of hydrogen-bond donors (Lipinski definition) is 0. The number of amides is 1. The van der Waals surface area contributed by atoms with E-state index in [9.17, 15) is 4.79 Å². The number of anilines is 1. The van der Waals surface area contributed by atoms with Gasteiger partial charge >= 0.3 is 0 Å². The summed E-state index contributed by atoms with van der Waals surface area (Å²) >= 11 is 5.04. The largest absolute Gasteiger partial charge is 0.375 e. The molecule has 3 nitrogen and oxygen atoms in total. The molecule has 4 heteroatoms. The Hall–Kier alpha value is -1.26. The van der Waals surface area contributed by atoms with Crippen LogP contribution in [-0.2, 0) is 9.53 Å². The number of hydrogen-bond acceptors (Lipinski definition) is 3. The van der Waals surface area contributed by atoms with Crippen LogP contribution in [0.15, 0.2) is 30.3 Å². The average Bonchev–Trinajstić information content (AvgIpc) is 2.19. The first-order valence-corrected chi connectivity index (χ1v) is 4.95. The number of para-hydroxylation sites is 1. The summed E-state index contributed by atoms with van der Waals surface area (Å²) in [7, 11) is 1.49. The Kier molecular flexibility index (Phi) is 4.39. The standard InChI is InChI=1S/C11H13NO2S/c1-9(15)12(11(13)8-14-2)10-6-4-3-5-7-10/h3-7H,8H2,1-2H3. The second-order valence-corrected chi connectivity index (χ2v) is 3.61. The number of carbonyl (C=O) groups is 1. The van der Waals surface area contributed by atoms with Gasteiger partial charge < -0.3 is 4.74 Å². The zero-order valence-corrected chi connectivity index (χ0v) is 9.58. The van der Waals surface area contributed by atoms with Gasteiger partial charge in [0.15, 0.2) is 0 Å². The van der Waals surface area contributed by atoms with Crippen molar-refractivity contribution in [1.29, 1.82) is 0 Å². The van der Waals surface area contributed by atoms with Gasteiger partial charge in [0.05, 0.1) is 4.99 Å². The van der Waals surface area contributed by atoms with Crippen LogP contribution in [0.4, 0.5) is 5.69 Å². The first kappa shape index (κ1) is 11.8. The molecule has 0 saturated heterocycles. The lowest BCUT2D eigenvalue weighted by atomic mass is 10.3. The monoisotopic (exact) mass is 223 g/mol. The Morgan fingerprint density at radius 2 is 2.00 bits per heavy atom. The molecule has 1 amide bonds. The molecule has 0 saturated carbocycles. The van der Waals surface area contributed by atoms with Crippen molar-refractivity contribution >= 4 is 28.8 Å². The summed E-state index contributed by atoms with van der Waals surface area (Å²) in [4.78, 5) is 13.7. The lowest BCUT2D eigenvalue weighted by Gasteiger charge is -2.20. The maximum absolute atomic E-state index is 11.7. The van der Waals surface area contributed by atoms with Crippen molar-refractivity contribution < 1.29 is 9.53 Å². The molecule has 0 aliphatic carbocycles. The van der Waals surface area contributed by atoms with Gasteiger partial charge in [-0.05, 0) is 19.1 Å². The molecule has 0 heterocycles. The van der Waals surface area contributed by atoms with Crippen molar-refractivity contribution in [3.8, 4) is 0 Å². The molecule has 15 heavy (non-hydrogen) atoms. The summed E-state index contributed by atoms with van der Waals surface area (Å²) in [5, 5.41) is 0. The minimum atomic E-state index is -0.156. The molecule has 0 N–H and O–H groups in total. The number of rotatable bonds is 3. The normalized spacial score (nSPS) is 9.73. The second kappa shape index (κ2) is 5.58. The van der Waals surface area contributed by atoms with Crippen molar-refractivity contribution in [1.82, 2.24) is 0 Å². The van der Waals surface area contributed by atoms with Crippen LogP contribution in [0.3, 0.4) is 0 Å². The van der Waals surface area contributed by atoms with Gasteiger partial charge in [0.1, 0.15) is 6.61 Å². The van der Waals surface area contributed by atoms with E-state index in [0.717, 1.165) is 5.69 Å². The van der Waals surface area contributed by atoms with E-state index in [1.54, 1.807) is 6.92 Å². The SMILES string of the molecule is COCC(=O)N(C(C)=S)c1ccccc1. The second-order valence-electron chi connectivity index (χ2n) is 3.02. The predicted octanol–water partition coefficient (Wildman–Crippen LogP) is 2.01. The van der Waals surface area contributed by atoms with Gasteiger partial charge in [0.25, 0.3) is 5.91 Å². The van der Waals surface area contributed by atoms with Crippen LogP contribution < -0.4 is 4.90 Å². The third-order valence-corrected chi connectivity index (χ3v) is 2.03. The Labute approximate surface area is 94.6 Å². The molecule has 0 radical (unpaired) electrons. The molecular weight excluding hydrogens is 210 g/mol. The van der Waals surface area contributed by atoms with Crippen molar-refractivity contribution in [2.24, 2.45) is 0 Å². The van der Waals surface area contributed by atoms with Crippen LogP contribution in [-0.4, -0.2) is 24.6 Å². The van der Waals surface area contributed by atoms with Crippen LogP contribution in [0.2, 0.25) is 0 Å². The van der Waals surface area contributed by atoms with E-state index >= 15 is 0 Å². The molecule has 0 aliphatic rings. The minimum absolute atomic E-state index is 0.0306. The lowest BCUT2D eigenvalue weighted by Crippen LogP contribution is -2.36. The molecule has 0 atom stereocenters. The van der Waals surface area contributed by atoms with E-state index in [-0.39, 0.29) is 12.5 Å². The van der Waals surface area contributed by atoms with Crippen LogP contribution in [0.25, 0.3) is 0 Å². The van der Waals surface area contributed by atoms with E-state index in [0.29, 0.717) is 4.99 Å². The fraction of sp³-hybridized carbons (Fsp3) is 0.273. The van der Waals surface area contributed by atoms with E-state index in [1.165, 1.54) is 12.0 Å². The molecule has 0 fully saturated rings. The van der Waals surface area contributed by atoms with Crippen LogP contribution in [0.1, 0.15) is 6.92 Å². The number of thiocarbonyl (C=S) groups is 1. The first-order valence-electron chi connectivity index (χ1n) is 4.54. The number of carbonyl (C=O) groups excluding carboxylic acids is 1. The lowest BCUT2D eigenvalue weighted by molar-refractivity contribution is -0.121. The van der Waals surface area contributed by atoms with Gasteiger partial charge in [-0.1, -0.05) is 30.4 Å². The molecule has 1 rings (SSSR count). The van der Waals surface area contributed by atoms with Gasteiger partial charge in [0.2, 0.25) is 0 Å². The van der Waals surface area contributed by atoms with Gasteiger partial charge in [-0.15, -0.1) is 0 Å². The van der Waals surface area contributed by atoms with Gasteiger partial charge in [0, 0.05) is 12.8 Å². The number of ether oxygens (including phenoxy) is 1. The zero-order valence-electron chi connectivity index (χ0n) is 8.77. The molecule has 0 spiro atoms. The summed E-state index contributed by atoms with van der Waals surface area (Å²) in [5.41, 5.74) is 0.770.